The van der Waals surface area contributed by atoms with Crippen molar-refractivity contribution in [2.75, 3.05) is 5.73 Å². The maximum Gasteiger partial charge on any atom is 0.254 e. The van der Waals surface area contributed by atoms with Gasteiger partial charge >= 0.3 is 0 Å². The third kappa shape index (κ3) is 4.86. The molecule has 33 heavy (non-hydrogen) atoms. The van der Waals surface area contributed by atoms with E-state index in [0.717, 1.165) is 8.96 Å². The Morgan fingerprint density at radius 1 is 1.21 bits per heavy atom. The largest absolute Gasteiger partial charge is 0.383 e. The van der Waals surface area contributed by atoms with Crippen molar-refractivity contribution >= 4 is 56.8 Å². The van der Waals surface area contributed by atoms with Gasteiger partial charge in [0.05, 0.1) is 32.9 Å². The van der Waals surface area contributed by atoms with E-state index in [1.54, 1.807) is 53.7 Å². The zero-order valence-electron chi connectivity index (χ0n) is 17.4. The third-order valence-electron chi connectivity index (χ3n) is 5.09. The summed E-state index contributed by atoms with van der Waals surface area (Å²) in [4.78, 5) is 32.6. The number of nitrogens with zero attached hydrogens (tertiary/aromatic N) is 6. The number of carbonyl (C=O) groups excluding carboxylic acids is 1. The molecule has 0 aliphatic carbocycles. The zero-order valence-corrected chi connectivity index (χ0v) is 20.3. The van der Waals surface area contributed by atoms with Crippen molar-refractivity contribution in [2.45, 2.75) is 19.5 Å². The van der Waals surface area contributed by atoms with Gasteiger partial charge in [0.15, 0.2) is 0 Å². The van der Waals surface area contributed by atoms with Crippen molar-refractivity contribution in [3.05, 3.63) is 86.2 Å². The number of benzene rings is 1. The number of amides is 1. The zero-order chi connectivity index (χ0) is 23.5. The number of rotatable bonds is 5. The number of halogens is 2. The summed E-state index contributed by atoms with van der Waals surface area (Å²) in [5, 5.41) is 10.0. The third-order valence-corrected chi connectivity index (χ3v) is 6.24. The van der Waals surface area contributed by atoms with Crippen LogP contribution in [0, 0.1) is 14.9 Å². The van der Waals surface area contributed by atoms with Gasteiger partial charge in [0.25, 0.3) is 5.91 Å². The van der Waals surface area contributed by atoms with Gasteiger partial charge in [-0.15, -0.1) is 0 Å². The van der Waals surface area contributed by atoms with Crippen molar-refractivity contribution in [3.63, 3.8) is 0 Å². The minimum absolute atomic E-state index is 0.0926. The van der Waals surface area contributed by atoms with E-state index in [2.05, 4.69) is 42.5 Å². The molecule has 0 bridgehead atoms. The molecule has 4 rings (SSSR count). The van der Waals surface area contributed by atoms with Gasteiger partial charge in [-0.05, 0) is 72.0 Å². The number of hydrogen-bond acceptors (Lipinski definition) is 7. The number of anilines is 1. The van der Waals surface area contributed by atoms with Gasteiger partial charge in [0.2, 0.25) is 0 Å². The molecule has 8 nitrogen and oxygen atoms in total. The van der Waals surface area contributed by atoms with Gasteiger partial charge in [0, 0.05) is 23.3 Å². The summed E-state index contributed by atoms with van der Waals surface area (Å²) in [5.41, 5.74) is 7.91. The lowest BCUT2D eigenvalue weighted by Gasteiger charge is -2.28. The minimum Gasteiger partial charge on any atom is -0.383 e. The maximum absolute atomic E-state index is 13.7. The molecule has 0 saturated heterocycles. The summed E-state index contributed by atoms with van der Waals surface area (Å²) in [5.74, 6) is 0.712. The SMILES string of the molecule is C[C@H](c1ncccn1)N(Cc1ccc(C#N)c(Cl)n1)C(=O)c1ccc2nc(N)c(I)cc2c1. The van der Waals surface area contributed by atoms with Gasteiger partial charge in [-0.3, -0.25) is 4.79 Å². The fourth-order valence-corrected chi connectivity index (χ4v) is 4.00. The van der Waals surface area contributed by atoms with Crippen LogP contribution in [0.15, 0.2) is 54.9 Å². The van der Waals surface area contributed by atoms with Crippen LogP contribution in [0.3, 0.4) is 0 Å². The van der Waals surface area contributed by atoms with Crippen molar-refractivity contribution in [1.82, 2.24) is 24.8 Å². The summed E-state index contributed by atoms with van der Waals surface area (Å²) in [6.07, 6.45) is 3.26. The molecule has 1 aromatic carbocycles. The van der Waals surface area contributed by atoms with Crippen molar-refractivity contribution in [2.24, 2.45) is 0 Å². The molecule has 0 fully saturated rings. The Balaban J connectivity index is 1.74. The van der Waals surface area contributed by atoms with Crippen molar-refractivity contribution in [3.8, 4) is 6.07 Å². The van der Waals surface area contributed by atoms with E-state index in [0.29, 0.717) is 28.4 Å². The molecule has 3 aromatic heterocycles. The van der Waals surface area contributed by atoms with E-state index in [-0.39, 0.29) is 23.2 Å². The molecule has 0 aliphatic heterocycles. The molecule has 0 unspecified atom stereocenters. The topological polar surface area (TPSA) is 122 Å². The Labute approximate surface area is 208 Å². The average Bonchev–Trinajstić information content (AvgIpc) is 2.83. The molecule has 0 radical (unpaired) electrons. The van der Waals surface area contributed by atoms with E-state index in [1.807, 2.05) is 19.1 Å². The predicted molar refractivity (Wildman–Crippen MR) is 133 cm³/mol. The van der Waals surface area contributed by atoms with Crippen LogP contribution in [0.5, 0.6) is 0 Å². The second-order valence-corrected chi connectivity index (χ2v) is 8.75. The highest BCUT2D eigenvalue weighted by Gasteiger charge is 2.26. The summed E-state index contributed by atoms with van der Waals surface area (Å²) >= 11 is 8.23. The number of carbonyl (C=O) groups is 1. The molecule has 1 amide bonds. The van der Waals surface area contributed by atoms with Gasteiger partial charge < -0.3 is 10.6 Å². The summed E-state index contributed by atoms with van der Waals surface area (Å²) in [6.45, 7) is 2.00. The first-order valence-corrected chi connectivity index (χ1v) is 11.3. The molecule has 10 heteroatoms. The highest BCUT2D eigenvalue weighted by Crippen LogP contribution is 2.26. The van der Waals surface area contributed by atoms with Crippen LogP contribution < -0.4 is 5.73 Å². The fraction of sp³-hybridized carbons (Fsp3) is 0.130. The molecule has 0 spiro atoms. The number of nitriles is 1. The molecular formula is C23H17ClIN7O. The van der Waals surface area contributed by atoms with Crippen LogP contribution >= 0.6 is 34.2 Å². The molecule has 4 aromatic rings. The van der Waals surface area contributed by atoms with E-state index < -0.39 is 6.04 Å². The summed E-state index contributed by atoms with van der Waals surface area (Å²) < 4.78 is 0.809. The Hall–Kier alpha value is -3.36. The van der Waals surface area contributed by atoms with E-state index in [1.165, 1.54) is 0 Å². The number of fused-ring (bicyclic) bond motifs is 1. The smallest absolute Gasteiger partial charge is 0.254 e. The van der Waals surface area contributed by atoms with Crippen LogP contribution in [0.1, 0.15) is 40.4 Å². The average molecular weight is 570 g/mol. The van der Waals surface area contributed by atoms with Gasteiger partial charge in [-0.1, -0.05) is 11.6 Å². The predicted octanol–water partition coefficient (Wildman–Crippen LogP) is 4.54. The highest BCUT2D eigenvalue weighted by atomic mass is 127. The quantitative estimate of drug-likeness (QED) is 0.277. The molecule has 0 saturated carbocycles. The van der Waals surface area contributed by atoms with E-state index in [4.69, 9.17) is 22.6 Å². The summed E-state index contributed by atoms with van der Waals surface area (Å²) in [7, 11) is 0. The van der Waals surface area contributed by atoms with E-state index >= 15 is 0 Å². The standard InChI is InChI=1S/C23H17ClIN7O/c1-13(22-28-7-2-8-29-22)32(12-17-5-3-15(11-26)20(24)30-17)23(33)14-4-6-19-16(9-14)10-18(25)21(27)31-19/h2-10,13H,12H2,1H3,(H2,27,31)/t13-/m1/s1. The van der Waals surface area contributed by atoms with Crippen LogP contribution in [0.4, 0.5) is 5.82 Å². The lowest BCUT2D eigenvalue weighted by molar-refractivity contribution is 0.0663. The molecule has 0 aliphatic rings. The second-order valence-electron chi connectivity index (χ2n) is 7.23. The molecule has 1 atom stereocenters. The molecule has 164 valence electrons. The number of hydrogen-bond donors (Lipinski definition) is 1. The van der Waals surface area contributed by atoms with Crippen molar-refractivity contribution in [1.29, 1.82) is 5.26 Å². The number of nitrogens with two attached hydrogens (primary N) is 1. The van der Waals surface area contributed by atoms with Crippen LogP contribution in [0.2, 0.25) is 5.15 Å². The van der Waals surface area contributed by atoms with Gasteiger partial charge in [0.1, 0.15) is 22.9 Å². The minimum atomic E-state index is -0.449. The number of pyridine rings is 2. The van der Waals surface area contributed by atoms with Gasteiger partial charge in [-0.25, -0.2) is 19.9 Å². The highest BCUT2D eigenvalue weighted by molar-refractivity contribution is 14.1. The monoisotopic (exact) mass is 569 g/mol. The first-order valence-electron chi connectivity index (χ1n) is 9.86. The molecular weight excluding hydrogens is 553 g/mol. The Kier molecular flexibility index (Phi) is 6.67. The maximum atomic E-state index is 13.7. The van der Waals surface area contributed by atoms with Crippen LogP contribution in [0.25, 0.3) is 10.9 Å². The van der Waals surface area contributed by atoms with Crippen LogP contribution in [-0.2, 0) is 6.54 Å². The molecule has 3 heterocycles. The molecule has 2 N–H and O–H groups in total. The van der Waals surface area contributed by atoms with Crippen molar-refractivity contribution < 1.29 is 4.79 Å². The first kappa shape index (κ1) is 22.8. The fourth-order valence-electron chi connectivity index (χ4n) is 3.33. The Morgan fingerprint density at radius 3 is 2.67 bits per heavy atom. The van der Waals surface area contributed by atoms with Gasteiger partial charge in [-0.2, -0.15) is 5.26 Å². The van der Waals surface area contributed by atoms with E-state index in [9.17, 15) is 4.79 Å². The second kappa shape index (κ2) is 9.64. The summed E-state index contributed by atoms with van der Waals surface area (Å²) in [6, 6.07) is 13.7. The Bertz CT molecular complexity index is 1390. The lowest BCUT2D eigenvalue weighted by atomic mass is 10.1. The normalized spacial score (nSPS) is 11.7. The van der Waals surface area contributed by atoms with Crippen LogP contribution in [-0.4, -0.2) is 30.7 Å². The number of nitrogen functional groups attached to an aromatic ring is 1. The number of aromatic nitrogens is 4. The Morgan fingerprint density at radius 2 is 1.97 bits per heavy atom. The first-order chi connectivity index (χ1) is 15.9. The lowest BCUT2D eigenvalue weighted by Crippen LogP contribution is -2.34.